The standard InChI is InChI=1S/C29H39N5O2/c1-33-23-9-3-2-8-22(23)32-24(33)12-16-31-28(36)26-21-11-10-20(29(21)13-14-29)25(26)27(35)30-15-4-5-17-34-18-6-7-19-34/h2-3,8-11,20-21,25-26H,4-7,12-19H2,1H3,(H,30,35)(H,31,36)/t20-,21+,25-,26-/m1/s1. The smallest absolute Gasteiger partial charge is 0.224 e. The second-order valence-electron chi connectivity index (χ2n) is 11.4. The van der Waals surface area contributed by atoms with Crippen LogP contribution >= 0.6 is 0 Å². The Balaban J connectivity index is 1.05. The largest absolute Gasteiger partial charge is 0.356 e. The number of imidazole rings is 1. The van der Waals surface area contributed by atoms with E-state index in [0.717, 1.165) is 49.1 Å². The first-order chi connectivity index (χ1) is 17.6. The molecule has 36 heavy (non-hydrogen) atoms. The molecule has 3 aliphatic carbocycles. The number of aryl methyl sites for hydroxylation is 1. The van der Waals surface area contributed by atoms with E-state index in [1.807, 2.05) is 25.2 Å². The Morgan fingerprint density at radius 1 is 0.972 bits per heavy atom. The third-order valence-electron chi connectivity index (χ3n) is 9.37. The molecule has 7 heteroatoms. The van der Waals surface area contributed by atoms with Gasteiger partial charge in [0.2, 0.25) is 11.8 Å². The molecule has 1 aliphatic heterocycles. The average molecular weight is 490 g/mol. The Morgan fingerprint density at radius 3 is 2.31 bits per heavy atom. The van der Waals surface area contributed by atoms with Gasteiger partial charge in [0.15, 0.2) is 0 Å². The quantitative estimate of drug-likeness (QED) is 0.397. The maximum atomic E-state index is 13.5. The SMILES string of the molecule is Cn1c(CCNC(=O)[C@H]2[C@H](C(=O)NCCCCN3CCCC3)[C@H]3C=C[C@@H]2C32CC2)nc2ccccc21. The molecule has 2 aromatic rings. The number of hydrogen-bond acceptors (Lipinski definition) is 4. The van der Waals surface area contributed by atoms with Gasteiger partial charge in [-0.3, -0.25) is 9.59 Å². The monoisotopic (exact) mass is 489 g/mol. The molecule has 2 N–H and O–H groups in total. The molecule has 6 rings (SSSR count). The topological polar surface area (TPSA) is 79.3 Å². The van der Waals surface area contributed by atoms with Crippen LogP contribution in [-0.2, 0) is 23.1 Å². The van der Waals surface area contributed by atoms with E-state index in [-0.39, 0.29) is 40.9 Å². The molecular weight excluding hydrogens is 450 g/mol. The molecule has 3 fully saturated rings. The van der Waals surface area contributed by atoms with Crippen molar-refractivity contribution in [2.45, 2.75) is 44.9 Å². The lowest BCUT2D eigenvalue weighted by atomic mass is 9.81. The number of nitrogens with one attached hydrogen (secondary N) is 2. The summed E-state index contributed by atoms with van der Waals surface area (Å²) in [7, 11) is 2.02. The van der Waals surface area contributed by atoms with Crippen LogP contribution in [0, 0.1) is 29.1 Å². The van der Waals surface area contributed by atoms with E-state index in [1.165, 1.54) is 25.9 Å². The van der Waals surface area contributed by atoms with Crippen molar-refractivity contribution in [3.05, 3.63) is 42.2 Å². The highest BCUT2D eigenvalue weighted by Gasteiger charge is 2.69. The molecule has 2 bridgehead atoms. The fourth-order valence-electron chi connectivity index (χ4n) is 7.34. The highest BCUT2D eigenvalue weighted by Crippen LogP contribution is 2.72. The van der Waals surface area contributed by atoms with Crippen molar-refractivity contribution in [1.29, 1.82) is 0 Å². The van der Waals surface area contributed by atoms with Crippen molar-refractivity contribution in [3.8, 4) is 0 Å². The number of carbonyl (C=O) groups is 2. The van der Waals surface area contributed by atoms with Crippen LogP contribution in [0.2, 0.25) is 0 Å². The Hall–Kier alpha value is -2.67. The summed E-state index contributed by atoms with van der Waals surface area (Å²) in [4.78, 5) is 34.1. The highest BCUT2D eigenvalue weighted by molar-refractivity contribution is 5.90. The minimum Gasteiger partial charge on any atom is -0.356 e. The molecule has 1 spiro atoms. The molecule has 1 aromatic heterocycles. The van der Waals surface area contributed by atoms with E-state index in [4.69, 9.17) is 4.98 Å². The van der Waals surface area contributed by atoms with Crippen LogP contribution < -0.4 is 10.6 Å². The highest BCUT2D eigenvalue weighted by atomic mass is 16.2. The van der Waals surface area contributed by atoms with Gasteiger partial charge >= 0.3 is 0 Å². The fraction of sp³-hybridized carbons (Fsp3) is 0.621. The zero-order valence-electron chi connectivity index (χ0n) is 21.4. The van der Waals surface area contributed by atoms with E-state index in [9.17, 15) is 9.59 Å². The third-order valence-corrected chi connectivity index (χ3v) is 9.37. The molecule has 1 aromatic carbocycles. The normalized spacial score (nSPS) is 27.8. The summed E-state index contributed by atoms with van der Waals surface area (Å²) >= 11 is 0. The lowest BCUT2D eigenvalue weighted by molar-refractivity contribution is -0.135. The lowest BCUT2D eigenvalue weighted by Crippen LogP contribution is -2.44. The Labute approximate surface area is 213 Å². The van der Waals surface area contributed by atoms with Crippen LogP contribution in [0.4, 0.5) is 0 Å². The number of hydrogen-bond donors (Lipinski definition) is 2. The first kappa shape index (κ1) is 23.7. The van der Waals surface area contributed by atoms with Gasteiger partial charge in [-0.2, -0.15) is 0 Å². The van der Waals surface area contributed by atoms with Gasteiger partial charge in [-0.15, -0.1) is 0 Å². The number of amides is 2. The van der Waals surface area contributed by atoms with Crippen LogP contribution in [0.25, 0.3) is 11.0 Å². The molecule has 0 unspecified atom stereocenters. The summed E-state index contributed by atoms with van der Waals surface area (Å²) in [6.07, 6.45) is 12.2. The Kier molecular flexibility index (Phi) is 6.36. The summed E-state index contributed by atoms with van der Waals surface area (Å²) in [6, 6.07) is 8.10. The van der Waals surface area contributed by atoms with Crippen LogP contribution in [0.3, 0.4) is 0 Å². The van der Waals surface area contributed by atoms with Gasteiger partial charge < -0.3 is 20.1 Å². The first-order valence-corrected chi connectivity index (χ1v) is 13.9. The molecular formula is C29H39N5O2. The maximum absolute atomic E-state index is 13.5. The molecule has 4 aliphatic rings. The molecule has 2 saturated carbocycles. The molecule has 7 nitrogen and oxygen atoms in total. The third kappa shape index (κ3) is 4.15. The van der Waals surface area contributed by atoms with Gasteiger partial charge in [0.25, 0.3) is 0 Å². The molecule has 1 saturated heterocycles. The molecule has 2 heterocycles. The van der Waals surface area contributed by atoms with E-state index >= 15 is 0 Å². The van der Waals surface area contributed by atoms with Gasteiger partial charge in [-0.1, -0.05) is 24.3 Å². The summed E-state index contributed by atoms with van der Waals surface area (Å²) in [5, 5.41) is 6.38. The van der Waals surface area contributed by atoms with Crippen molar-refractivity contribution in [1.82, 2.24) is 25.1 Å². The number of unbranched alkanes of at least 4 members (excludes halogenated alkanes) is 1. The van der Waals surface area contributed by atoms with Crippen molar-refractivity contribution in [2.24, 2.45) is 36.1 Å². The molecule has 0 radical (unpaired) electrons. The van der Waals surface area contributed by atoms with Crippen LogP contribution in [-0.4, -0.2) is 59.0 Å². The van der Waals surface area contributed by atoms with Gasteiger partial charge in [0.1, 0.15) is 5.82 Å². The van der Waals surface area contributed by atoms with Gasteiger partial charge in [0, 0.05) is 26.6 Å². The van der Waals surface area contributed by atoms with Crippen LogP contribution in [0.5, 0.6) is 0 Å². The number of allylic oxidation sites excluding steroid dienone is 2. The predicted molar refractivity (Wildman–Crippen MR) is 140 cm³/mol. The van der Waals surface area contributed by atoms with E-state index in [2.05, 4.69) is 38.3 Å². The van der Waals surface area contributed by atoms with Crippen LogP contribution in [0.15, 0.2) is 36.4 Å². The Bertz CT molecular complexity index is 1160. The van der Waals surface area contributed by atoms with Crippen molar-refractivity contribution in [2.75, 3.05) is 32.7 Å². The summed E-state index contributed by atoms with van der Waals surface area (Å²) in [5.41, 5.74) is 2.24. The number of benzene rings is 1. The summed E-state index contributed by atoms with van der Waals surface area (Å²) in [5.74, 6) is 0.989. The van der Waals surface area contributed by atoms with E-state index in [0.29, 0.717) is 19.5 Å². The van der Waals surface area contributed by atoms with E-state index in [1.54, 1.807) is 0 Å². The van der Waals surface area contributed by atoms with Crippen LogP contribution in [0.1, 0.15) is 44.3 Å². The Morgan fingerprint density at radius 2 is 1.64 bits per heavy atom. The van der Waals surface area contributed by atoms with E-state index < -0.39 is 0 Å². The van der Waals surface area contributed by atoms with Crippen molar-refractivity contribution < 1.29 is 9.59 Å². The number of nitrogens with zero attached hydrogens (tertiary/aromatic N) is 3. The molecule has 4 atom stereocenters. The van der Waals surface area contributed by atoms with Crippen molar-refractivity contribution in [3.63, 3.8) is 0 Å². The number of para-hydroxylation sites is 2. The zero-order valence-corrected chi connectivity index (χ0v) is 21.4. The second-order valence-corrected chi connectivity index (χ2v) is 11.4. The number of carbonyl (C=O) groups excluding carboxylic acids is 2. The average Bonchev–Trinajstić information content (AvgIpc) is 3.13. The van der Waals surface area contributed by atoms with Gasteiger partial charge in [-0.05, 0) is 87.5 Å². The zero-order chi connectivity index (χ0) is 24.7. The first-order valence-electron chi connectivity index (χ1n) is 13.9. The van der Waals surface area contributed by atoms with Crippen molar-refractivity contribution >= 4 is 22.8 Å². The molecule has 2 amide bonds. The van der Waals surface area contributed by atoms with Gasteiger partial charge in [0.05, 0.1) is 22.9 Å². The predicted octanol–water partition coefficient (Wildman–Crippen LogP) is 3.05. The minimum absolute atomic E-state index is 0.0334. The lowest BCUT2D eigenvalue weighted by Gasteiger charge is -2.26. The number of aromatic nitrogens is 2. The number of likely N-dealkylation sites (tertiary alicyclic amines) is 1. The fourth-order valence-corrected chi connectivity index (χ4v) is 7.34. The number of rotatable bonds is 10. The van der Waals surface area contributed by atoms with Gasteiger partial charge in [-0.25, -0.2) is 4.98 Å². The minimum atomic E-state index is -0.257. The summed E-state index contributed by atoms with van der Waals surface area (Å²) < 4.78 is 2.10. The number of fused-ring (bicyclic) bond motifs is 1. The second kappa shape index (κ2) is 9.66. The maximum Gasteiger partial charge on any atom is 0.224 e. The molecule has 192 valence electrons. The summed E-state index contributed by atoms with van der Waals surface area (Å²) in [6.45, 7) is 4.81.